The first-order valence-corrected chi connectivity index (χ1v) is 7.10. The van der Waals surface area contributed by atoms with Crippen molar-refractivity contribution >= 4 is 23.0 Å². The Morgan fingerprint density at radius 2 is 2.17 bits per heavy atom. The van der Waals surface area contributed by atoms with E-state index in [0.29, 0.717) is 0 Å². The first kappa shape index (κ1) is 13.3. The minimum atomic E-state index is 0.747. The largest absolute Gasteiger partial charge is 0.349 e. The highest BCUT2D eigenvalue weighted by Gasteiger charge is 2.18. The smallest absolute Gasteiger partial charge is 0.173 e. The summed E-state index contributed by atoms with van der Waals surface area (Å²) in [6.45, 7) is 8.68. The number of anilines is 1. The Morgan fingerprint density at radius 3 is 2.89 bits per heavy atom. The molecule has 1 N–H and O–H groups in total. The number of hydrogen-bond donors (Lipinski definition) is 1. The van der Waals surface area contributed by atoms with Crippen LogP contribution in [0, 0.1) is 19.8 Å². The Kier molecular flexibility index (Phi) is 4.23. The minimum Gasteiger partial charge on any atom is -0.349 e. The van der Waals surface area contributed by atoms with Crippen molar-refractivity contribution in [3.63, 3.8) is 0 Å². The van der Waals surface area contributed by atoms with Crippen molar-refractivity contribution in [3.8, 4) is 0 Å². The molecule has 1 heterocycles. The lowest BCUT2D eigenvalue weighted by atomic mass is 10.0. The maximum atomic E-state index is 5.53. The zero-order chi connectivity index (χ0) is 13.1. The van der Waals surface area contributed by atoms with Gasteiger partial charge in [-0.05, 0) is 62.0 Å². The Morgan fingerprint density at radius 1 is 1.39 bits per heavy atom. The van der Waals surface area contributed by atoms with Crippen LogP contribution in [0.4, 0.5) is 5.69 Å². The average Bonchev–Trinajstić information content (AvgIpc) is 2.34. The number of hydrogen-bond acceptors (Lipinski definition) is 1. The molecule has 18 heavy (non-hydrogen) atoms. The molecule has 0 spiro atoms. The Labute approximate surface area is 115 Å². The molecule has 1 aliphatic rings. The number of thiocarbonyl (C=S) groups is 1. The van der Waals surface area contributed by atoms with E-state index in [1.807, 2.05) is 0 Å². The molecule has 0 bridgehead atoms. The molecule has 3 heteroatoms. The number of nitrogens with zero attached hydrogens (tertiary/aromatic N) is 1. The maximum absolute atomic E-state index is 5.53. The third kappa shape index (κ3) is 3.22. The molecule has 98 valence electrons. The van der Waals surface area contributed by atoms with Gasteiger partial charge in [0.05, 0.1) is 0 Å². The number of nitrogens with one attached hydrogen (secondary N) is 1. The summed E-state index contributed by atoms with van der Waals surface area (Å²) in [5.74, 6) is 0.747. The van der Waals surface area contributed by atoms with E-state index in [1.165, 1.54) is 24.0 Å². The third-order valence-corrected chi connectivity index (χ3v) is 3.94. The SMILES string of the molecule is Cc1ccc(C)c(NC(=S)N2CCCC(C)C2)c1. The fourth-order valence-corrected chi connectivity index (χ4v) is 2.71. The van der Waals surface area contributed by atoms with Crippen LogP contribution in [0.25, 0.3) is 0 Å². The Balaban J connectivity index is 2.04. The first-order chi connectivity index (χ1) is 8.56. The van der Waals surface area contributed by atoms with E-state index in [4.69, 9.17) is 12.2 Å². The molecule has 1 aromatic carbocycles. The highest BCUT2D eigenvalue weighted by molar-refractivity contribution is 7.80. The van der Waals surface area contributed by atoms with E-state index in [0.717, 1.165) is 29.8 Å². The monoisotopic (exact) mass is 262 g/mol. The summed E-state index contributed by atoms with van der Waals surface area (Å²) < 4.78 is 0. The molecular formula is C15H22N2S. The van der Waals surface area contributed by atoms with Gasteiger partial charge in [0.15, 0.2) is 5.11 Å². The molecule has 1 atom stereocenters. The lowest BCUT2D eigenvalue weighted by Crippen LogP contribution is -2.41. The van der Waals surface area contributed by atoms with Gasteiger partial charge in [0, 0.05) is 18.8 Å². The second-order valence-corrected chi connectivity index (χ2v) is 5.83. The summed E-state index contributed by atoms with van der Waals surface area (Å²) in [7, 11) is 0. The molecule has 0 aromatic heterocycles. The quantitative estimate of drug-likeness (QED) is 0.776. The normalized spacial score (nSPS) is 19.7. The van der Waals surface area contributed by atoms with E-state index in [1.54, 1.807) is 0 Å². The highest BCUT2D eigenvalue weighted by atomic mass is 32.1. The van der Waals surface area contributed by atoms with Crippen molar-refractivity contribution in [1.29, 1.82) is 0 Å². The van der Waals surface area contributed by atoms with Crippen molar-refractivity contribution < 1.29 is 0 Å². The van der Waals surface area contributed by atoms with E-state index in [2.05, 4.69) is 49.2 Å². The van der Waals surface area contributed by atoms with Crippen LogP contribution in [-0.4, -0.2) is 23.1 Å². The van der Waals surface area contributed by atoms with Crippen LogP contribution in [-0.2, 0) is 0 Å². The predicted octanol–water partition coefficient (Wildman–Crippen LogP) is 3.73. The fraction of sp³-hybridized carbons (Fsp3) is 0.533. The highest BCUT2D eigenvalue weighted by Crippen LogP contribution is 2.20. The second kappa shape index (κ2) is 5.70. The van der Waals surface area contributed by atoms with Crippen LogP contribution in [0.1, 0.15) is 30.9 Å². The van der Waals surface area contributed by atoms with E-state index < -0.39 is 0 Å². The van der Waals surface area contributed by atoms with Gasteiger partial charge in [0.25, 0.3) is 0 Å². The molecule has 1 unspecified atom stereocenters. The summed E-state index contributed by atoms with van der Waals surface area (Å²) in [6, 6.07) is 6.43. The van der Waals surface area contributed by atoms with Crippen molar-refractivity contribution in [1.82, 2.24) is 4.90 Å². The summed E-state index contributed by atoms with van der Waals surface area (Å²) in [6.07, 6.45) is 2.57. The van der Waals surface area contributed by atoms with E-state index in [-0.39, 0.29) is 0 Å². The minimum absolute atomic E-state index is 0.747. The van der Waals surface area contributed by atoms with Crippen molar-refractivity contribution in [3.05, 3.63) is 29.3 Å². The summed E-state index contributed by atoms with van der Waals surface area (Å²) >= 11 is 5.53. The van der Waals surface area contributed by atoms with Crippen LogP contribution in [0.3, 0.4) is 0 Å². The van der Waals surface area contributed by atoms with Gasteiger partial charge < -0.3 is 10.2 Å². The van der Waals surface area contributed by atoms with Gasteiger partial charge >= 0.3 is 0 Å². The summed E-state index contributed by atoms with van der Waals surface area (Å²) in [4.78, 5) is 2.30. The number of piperidine rings is 1. The zero-order valence-electron chi connectivity index (χ0n) is 11.5. The molecule has 0 saturated carbocycles. The molecule has 1 fully saturated rings. The molecule has 1 saturated heterocycles. The number of benzene rings is 1. The number of aryl methyl sites for hydroxylation is 2. The summed E-state index contributed by atoms with van der Waals surface area (Å²) in [5.41, 5.74) is 3.64. The van der Waals surface area contributed by atoms with Gasteiger partial charge in [0.1, 0.15) is 0 Å². The molecule has 2 nitrogen and oxygen atoms in total. The van der Waals surface area contributed by atoms with Gasteiger partial charge in [-0.2, -0.15) is 0 Å². The van der Waals surface area contributed by atoms with Crippen molar-refractivity contribution in [2.45, 2.75) is 33.6 Å². The standard InChI is InChI=1S/C15H22N2S/c1-11-6-7-13(3)14(9-11)16-15(18)17-8-4-5-12(2)10-17/h6-7,9,12H,4-5,8,10H2,1-3H3,(H,16,18). The Bertz CT molecular complexity index is 442. The molecule has 1 aromatic rings. The van der Waals surface area contributed by atoms with Crippen LogP contribution >= 0.6 is 12.2 Å². The van der Waals surface area contributed by atoms with E-state index in [9.17, 15) is 0 Å². The van der Waals surface area contributed by atoms with Crippen molar-refractivity contribution in [2.75, 3.05) is 18.4 Å². The average molecular weight is 262 g/mol. The number of rotatable bonds is 1. The van der Waals surface area contributed by atoms with Gasteiger partial charge in [-0.25, -0.2) is 0 Å². The molecule has 0 aliphatic carbocycles. The predicted molar refractivity (Wildman–Crippen MR) is 82.1 cm³/mol. The molecule has 2 rings (SSSR count). The van der Waals surface area contributed by atoms with Crippen LogP contribution < -0.4 is 5.32 Å². The summed E-state index contributed by atoms with van der Waals surface area (Å²) in [5, 5.41) is 4.27. The van der Waals surface area contributed by atoms with Crippen LogP contribution in [0.5, 0.6) is 0 Å². The number of likely N-dealkylation sites (tertiary alicyclic amines) is 1. The lowest BCUT2D eigenvalue weighted by molar-refractivity contribution is 0.276. The lowest BCUT2D eigenvalue weighted by Gasteiger charge is -2.33. The Hall–Kier alpha value is -1.09. The zero-order valence-corrected chi connectivity index (χ0v) is 12.3. The molecule has 0 amide bonds. The second-order valence-electron chi connectivity index (χ2n) is 5.44. The topological polar surface area (TPSA) is 15.3 Å². The third-order valence-electron chi connectivity index (χ3n) is 3.58. The van der Waals surface area contributed by atoms with Gasteiger partial charge in [-0.15, -0.1) is 0 Å². The van der Waals surface area contributed by atoms with Crippen LogP contribution in [0.15, 0.2) is 18.2 Å². The molecular weight excluding hydrogens is 240 g/mol. The van der Waals surface area contributed by atoms with Crippen molar-refractivity contribution in [2.24, 2.45) is 5.92 Å². The molecule has 0 radical (unpaired) electrons. The van der Waals surface area contributed by atoms with Crippen LogP contribution in [0.2, 0.25) is 0 Å². The maximum Gasteiger partial charge on any atom is 0.173 e. The fourth-order valence-electron chi connectivity index (χ4n) is 2.44. The van der Waals surface area contributed by atoms with E-state index >= 15 is 0 Å². The van der Waals surface area contributed by atoms with Gasteiger partial charge in [-0.1, -0.05) is 19.1 Å². The van der Waals surface area contributed by atoms with Gasteiger partial charge in [0.2, 0.25) is 0 Å². The molecule has 1 aliphatic heterocycles. The van der Waals surface area contributed by atoms with Gasteiger partial charge in [-0.3, -0.25) is 0 Å². The first-order valence-electron chi connectivity index (χ1n) is 6.69.